The number of carbonyl (C=O) groups is 2. The summed E-state index contributed by atoms with van der Waals surface area (Å²) < 4.78 is 5.54. The van der Waals surface area contributed by atoms with Crippen LogP contribution >= 0.6 is 0 Å². The topological polar surface area (TPSA) is 55.4 Å². The van der Waals surface area contributed by atoms with Crippen LogP contribution in [0.3, 0.4) is 0 Å². The van der Waals surface area contributed by atoms with Crippen molar-refractivity contribution in [1.82, 2.24) is 5.32 Å². The molecule has 5 atom stereocenters. The van der Waals surface area contributed by atoms with Gasteiger partial charge in [-0.25, -0.2) is 0 Å². The van der Waals surface area contributed by atoms with Crippen LogP contribution in [-0.4, -0.2) is 23.5 Å². The zero-order valence-electron chi connectivity index (χ0n) is 16.1. The number of hydrogen-bond donors (Lipinski definition) is 1. The molecule has 4 nitrogen and oxygen atoms in total. The molecule has 1 spiro atoms. The Kier molecular flexibility index (Phi) is 3.94. The van der Waals surface area contributed by atoms with Crippen molar-refractivity contribution in [2.24, 2.45) is 29.1 Å². The van der Waals surface area contributed by atoms with Crippen LogP contribution in [0.4, 0.5) is 0 Å². The third-order valence-corrected chi connectivity index (χ3v) is 6.74. The third kappa shape index (κ3) is 2.65. The van der Waals surface area contributed by atoms with Gasteiger partial charge in [-0.15, -0.1) is 0 Å². The third-order valence-electron chi connectivity index (χ3n) is 6.74. The van der Waals surface area contributed by atoms with Gasteiger partial charge in [-0.2, -0.15) is 0 Å². The van der Waals surface area contributed by atoms with Crippen LogP contribution in [-0.2, 0) is 14.3 Å². The number of allylic oxidation sites excluding steroid dienone is 4. The van der Waals surface area contributed by atoms with E-state index >= 15 is 0 Å². The van der Waals surface area contributed by atoms with Crippen molar-refractivity contribution < 1.29 is 14.3 Å². The van der Waals surface area contributed by atoms with Gasteiger partial charge >= 0.3 is 5.97 Å². The second kappa shape index (κ2) is 5.83. The van der Waals surface area contributed by atoms with Crippen molar-refractivity contribution in [2.45, 2.75) is 58.6 Å². The lowest BCUT2D eigenvalue weighted by Gasteiger charge is -2.33. The molecule has 0 aromatic carbocycles. The number of rotatable bonds is 4. The van der Waals surface area contributed by atoms with Crippen LogP contribution in [0.5, 0.6) is 0 Å². The summed E-state index contributed by atoms with van der Waals surface area (Å²) in [7, 11) is 0. The van der Waals surface area contributed by atoms with Gasteiger partial charge in [0, 0.05) is 0 Å². The summed E-state index contributed by atoms with van der Waals surface area (Å²) in [6, 6.07) is 0. The van der Waals surface area contributed by atoms with Crippen molar-refractivity contribution in [3.8, 4) is 0 Å². The number of nitrogens with one attached hydrogen (secondary N) is 1. The van der Waals surface area contributed by atoms with E-state index in [1.165, 1.54) is 5.57 Å². The van der Waals surface area contributed by atoms with Crippen molar-refractivity contribution in [3.05, 3.63) is 36.0 Å². The molecule has 0 heterocycles. The lowest BCUT2D eigenvalue weighted by Crippen LogP contribution is -2.50. The molecule has 0 aromatic rings. The molecule has 26 heavy (non-hydrogen) atoms. The summed E-state index contributed by atoms with van der Waals surface area (Å²) in [4.78, 5) is 26.1. The first kappa shape index (κ1) is 17.6. The van der Waals surface area contributed by atoms with Gasteiger partial charge in [0.05, 0.1) is 23.5 Å². The first-order valence-electron chi connectivity index (χ1n) is 9.83. The van der Waals surface area contributed by atoms with E-state index in [1.807, 2.05) is 20.8 Å². The van der Waals surface area contributed by atoms with Crippen molar-refractivity contribution >= 4 is 11.9 Å². The molecular weight excluding hydrogens is 326 g/mol. The van der Waals surface area contributed by atoms with E-state index in [-0.39, 0.29) is 52.6 Å². The fraction of sp³-hybridized carbons (Fsp3) is 0.636. The predicted octanol–water partition coefficient (Wildman–Crippen LogP) is 3.55. The van der Waals surface area contributed by atoms with Crippen LogP contribution in [0.15, 0.2) is 36.0 Å². The number of hydrogen-bond acceptors (Lipinski definition) is 3. The standard InChI is InChI=1S/C22H29NO3/c1-13(2)26-20(25)18-16-6-5-15(22(16)11-12-22)17(18)19(24)23-21(4)9-7-14(3)8-10-21/h5-9,13,15-18H,10-12H2,1-4H3,(H,23,24). The largest absolute Gasteiger partial charge is 0.463 e. The minimum absolute atomic E-state index is 0.000987. The summed E-state index contributed by atoms with van der Waals surface area (Å²) in [6.07, 6.45) is 13.5. The molecule has 2 fully saturated rings. The predicted molar refractivity (Wildman–Crippen MR) is 100 cm³/mol. The average molecular weight is 355 g/mol. The molecule has 2 bridgehead atoms. The minimum Gasteiger partial charge on any atom is -0.463 e. The Labute approximate surface area is 155 Å². The van der Waals surface area contributed by atoms with Crippen molar-refractivity contribution in [1.29, 1.82) is 0 Å². The summed E-state index contributed by atoms with van der Waals surface area (Å²) in [5.74, 6) is -0.529. The van der Waals surface area contributed by atoms with Crippen LogP contribution < -0.4 is 5.32 Å². The maximum Gasteiger partial charge on any atom is 0.310 e. The Balaban J connectivity index is 1.57. The molecule has 0 aliphatic heterocycles. The van der Waals surface area contributed by atoms with Crippen molar-refractivity contribution in [2.75, 3.05) is 0 Å². The Morgan fingerprint density at radius 2 is 1.85 bits per heavy atom. The second-order valence-electron chi connectivity index (χ2n) is 9.10. The van der Waals surface area contributed by atoms with E-state index in [0.717, 1.165) is 19.3 Å². The van der Waals surface area contributed by atoms with Gasteiger partial charge in [-0.05, 0) is 64.2 Å². The van der Waals surface area contributed by atoms with Crippen LogP contribution in [0.2, 0.25) is 0 Å². The average Bonchev–Trinajstić information content (AvgIpc) is 3.23. The Hall–Kier alpha value is -1.84. The summed E-state index contributed by atoms with van der Waals surface area (Å²) in [5, 5.41) is 3.23. The smallest absolute Gasteiger partial charge is 0.310 e. The lowest BCUT2D eigenvalue weighted by molar-refractivity contribution is -0.157. The molecule has 0 aromatic heterocycles. The normalized spacial score (nSPS) is 38.6. The molecule has 4 aliphatic carbocycles. The molecule has 2 saturated carbocycles. The molecular formula is C22H29NO3. The summed E-state index contributed by atoms with van der Waals surface area (Å²) in [6.45, 7) is 7.84. The molecule has 0 radical (unpaired) electrons. The van der Waals surface area contributed by atoms with E-state index < -0.39 is 0 Å². The van der Waals surface area contributed by atoms with Crippen LogP contribution in [0.1, 0.15) is 47.0 Å². The lowest BCUT2D eigenvalue weighted by atomic mass is 9.81. The fourth-order valence-corrected chi connectivity index (χ4v) is 5.27. The number of amides is 1. The van der Waals surface area contributed by atoms with Gasteiger partial charge in [0.1, 0.15) is 0 Å². The summed E-state index contributed by atoms with van der Waals surface area (Å²) >= 11 is 0. The van der Waals surface area contributed by atoms with Gasteiger partial charge in [0.25, 0.3) is 0 Å². The van der Waals surface area contributed by atoms with Gasteiger partial charge < -0.3 is 10.1 Å². The highest BCUT2D eigenvalue weighted by Gasteiger charge is 2.70. The Bertz CT molecular complexity index is 728. The Morgan fingerprint density at radius 3 is 2.38 bits per heavy atom. The first-order chi connectivity index (χ1) is 12.3. The van der Waals surface area contributed by atoms with E-state index in [0.29, 0.717) is 0 Å². The molecule has 0 saturated heterocycles. The summed E-state index contributed by atoms with van der Waals surface area (Å²) in [5.41, 5.74) is 0.975. The number of carbonyl (C=O) groups excluding carboxylic acids is 2. The number of ether oxygens (including phenoxy) is 1. The molecule has 4 heteroatoms. The van der Waals surface area contributed by atoms with Crippen LogP contribution in [0.25, 0.3) is 0 Å². The van der Waals surface area contributed by atoms with E-state index in [2.05, 4.69) is 42.6 Å². The Morgan fingerprint density at radius 1 is 1.19 bits per heavy atom. The molecule has 5 unspecified atom stereocenters. The van der Waals surface area contributed by atoms with Crippen molar-refractivity contribution in [3.63, 3.8) is 0 Å². The van der Waals surface area contributed by atoms with Gasteiger partial charge in [0.2, 0.25) is 5.91 Å². The molecule has 4 rings (SSSR count). The van der Waals surface area contributed by atoms with E-state index in [9.17, 15) is 9.59 Å². The highest BCUT2D eigenvalue weighted by molar-refractivity contribution is 5.89. The monoisotopic (exact) mass is 355 g/mol. The molecule has 1 N–H and O–H groups in total. The van der Waals surface area contributed by atoms with E-state index in [4.69, 9.17) is 4.74 Å². The highest BCUT2D eigenvalue weighted by atomic mass is 16.5. The maximum atomic E-state index is 13.3. The highest BCUT2D eigenvalue weighted by Crippen LogP contribution is 2.72. The van der Waals surface area contributed by atoms with Gasteiger partial charge in [-0.3, -0.25) is 9.59 Å². The molecule has 1 amide bonds. The SMILES string of the molecule is CC1=CCC(C)(NC(=O)C2C(C(=O)OC(C)C)C3C=CC2C32CC2)C=C1. The second-order valence-corrected chi connectivity index (χ2v) is 9.10. The van der Waals surface area contributed by atoms with Gasteiger partial charge in [-0.1, -0.05) is 36.0 Å². The van der Waals surface area contributed by atoms with Crippen LogP contribution in [0, 0.1) is 29.1 Å². The quantitative estimate of drug-likeness (QED) is 0.620. The number of esters is 1. The maximum absolute atomic E-state index is 13.3. The molecule has 140 valence electrons. The first-order valence-corrected chi connectivity index (χ1v) is 9.83. The molecule has 4 aliphatic rings. The zero-order chi connectivity index (χ0) is 18.7. The van der Waals surface area contributed by atoms with Gasteiger partial charge in [0.15, 0.2) is 0 Å². The fourth-order valence-electron chi connectivity index (χ4n) is 5.27. The zero-order valence-corrected chi connectivity index (χ0v) is 16.1. The minimum atomic E-state index is -0.384. The van der Waals surface area contributed by atoms with E-state index in [1.54, 1.807) is 0 Å².